The van der Waals surface area contributed by atoms with E-state index in [9.17, 15) is 9.18 Å². The molecule has 0 saturated carbocycles. The Morgan fingerprint density at radius 1 is 1.24 bits per heavy atom. The first-order chi connectivity index (χ1) is 10.1. The van der Waals surface area contributed by atoms with Crippen molar-refractivity contribution in [2.75, 3.05) is 5.32 Å². The second-order valence-corrected chi connectivity index (χ2v) is 5.87. The highest BCUT2D eigenvalue weighted by molar-refractivity contribution is 14.1. The average molecular weight is 394 g/mol. The van der Waals surface area contributed by atoms with E-state index >= 15 is 0 Å². The van der Waals surface area contributed by atoms with Crippen LogP contribution in [-0.2, 0) is 11.2 Å². The van der Waals surface area contributed by atoms with Gasteiger partial charge in [-0.3, -0.25) is 4.79 Å². The lowest BCUT2D eigenvalue weighted by atomic mass is 10.1. The molecule has 0 spiro atoms. The summed E-state index contributed by atoms with van der Waals surface area (Å²) in [6, 6.07) is 12.1. The zero-order valence-corrected chi connectivity index (χ0v) is 13.1. The zero-order chi connectivity index (χ0) is 14.8. The molecule has 2 aromatic carbocycles. The van der Waals surface area contributed by atoms with Crippen molar-refractivity contribution in [2.45, 2.75) is 6.42 Å². The van der Waals surface area contributed by atoms with Crippen molar-refractivity contribution >= 4 is 45.1 Å². The molecule has 1 heterocycles. The highest BCUT2D eigenvalue weighted by Crippen LogP contribution is 2.21. The van der Waals surface area contributed by atoms with Gasteiger partial charge >= 0.3 is 0 Å². The highest BCUT2D eigenvalue weighted by atomic mass is 127. The van der Waals surface area contributed by atoms with E-state index in [1.165, 1.54) is 12.1 Å². The lowest BCUT2D eigenvalue weighted by Crippen LogP contribution is -2.15. The first-order valence-electron chi connectivity index (χ1n) is 6.43. The number of H-pyrrole nitrogens is 1. The van der Waals surface area contributed by atoms with Gasteiger partial charge in [-0.15, -0.1) is 0 Å². The van der Waals surface area contributed by atoms with Crippen LogP contribution in [-0.4, -0.2) is 10.9 Å². The molecule has 0 unspecified atom stereocenters. The topological polar surface area (TPSA) is 44.9 Å². The van der Waals surface area contributed by atoms with Gasteiger partial charge in [-0.1, -0.05) is 18.2 Å². The number of para-hydroxylation sites is 1. The second-order valence-electron chi connectivity index (χ2n) is 4.71. The third-order valence-electron chi connectivity index (χ3n) is 3.23. The number of rotatable bonds is 3. The number of hydrogen-bond acceptors (Lipinski definition) is 1. The molecule has 0 aliphatic carbocycles. The molecule has 21 heavy (non-hydrogen) atoms. The fourth-order valence-corrected chi connectivity index (χ4v) is 2.85. The lowest BCUT2D eigenvalue weighted by Gasteiger charge is -2.07. The minimum Gasteiger partial charge on any atom is -0.361 e. The van der Waals surface area contributed by atoms with E-state index in [1.807, 2.05) is 53.1 Å². The number of carbonyl (C=O) groups excluding carboxylic acids is 1. The second kappa shape index (κ2) is 5.85. The SMILES string of the molecule is O=C(Cc1c[nH]c2ccccc12)Nc1ccc(F)cc1I. The number of carbonyl (C=O) groups is 1. The molecule has 1 aromatic heterocycles. The normalized spacial score (nSPS) is 10.8. The molecular formula is C16H12FIN2O. The van der Waals surface area contributed by atoms with Gasteiger partial charge in [0, 0.05) is 20.7 Å². The monoisotopic (exact) mass is 394 g/mol. The van der Waals surface area contributed by atoms with Crippen LogP contribution in [0.5, 0.6) is 0 Å². The van der Waals surface area contributed by atoms with Gasteiger partial charge in [0.2, 0.25) is 5.91 Å². The van der Waals surface area contributed by atoms with E-state index in [0.29, 0.717) is 9.26 Å². The number of anilines is 1. The molecule has 1 amide bonds. The van der Waals surface area contributed by atoms with Crippen LogP contribution in [0.2, 0.25) is 0 Å². The number of halogens is 2. The van der Waals surface area contributed by atoms with Gasteiger partial charge in [0.15, 0.2) is 0 Å². The maximum Gasteiger partial charge on any atom is 0.228 e. The van der Waals surface area contributed by atoms with Crippen molar-refractivity contribution in [3.05, 3.63) is 63.6 Å². The average Bonchev–Trinajstić information content (AvgIpc) is 2.85. The van der Waals surface area contributed by atoms with E-state index in [2.05, 4.69) is 10.3 Å². The molecule has 0 bridgehead atoms. The first-order valence-corrected chi connectivity index (χ1v) is 7.51. The number of aromatic nitrogens is 1. The maximum atomic E-state index is 13.0. The first kappa shape index (κ1) is 14.1. The minimum atomic E-state index is -0.311. The summed E-state index contributed by atoms with van der Waals surface area (Å²) >= 11 is 2.00. The van der Waals surface area contributed by atoms with Crippen molar-refractivity contribution in [3.8, 4) is 0 Å². The summed E-state index contributed by atoms with van der Waals surface area (Å²) in [4.78, 5) is 15.3. The molecule has 0 fully saturated rings. The van der Waals surface area contributed by atoms with Crippen molar-refractivity contribution in [3.63, 3.8) is 0 Å². The van der Waals surface area contributed by atoms with Crippen LogP contribution in [0.1, 0.15) is 5.56 Å². The molecule has 0 radical (unpaired) electrons. The summed E-state index contributed by atoms with van der Waals surface area (Å²) in [7, 11) is 0. The predicted molar refractivity (Wildman–Crippen MR) is 89.7 cm³/mol. The van der Waals surface area contributed by atoms with Crippen LogP contribution in [0.25, 0.3) is 10.9 Å². The number of nitrogens with one attached hydrogen (secondary N) is 2. The standard InChI is InChI=1S/C16H12FIN2O/c17-11-5-6-15(13(18)8-11)20-16(21)7-10-9-19-14-4-2-1-3-12(10)14/h1-6,8-9,19H,7H2,(H,20,21). The Labute approximate surface area is 134 Å². The molecule has 3 nitrogen and oxygen atoms in total. The number of hydrogen-bond donors (Lipinski definition) is 2. The summed E-state index contributed by atoms with van der Waals surface area (Å²) in [6.07, 6.45) is 2.12. The molecule has 2 N–H and O–H groups in total. The van der Waals surface area contributed by atoms with E-state index in [4.69, 9.17) is 0 Å². The summed E-state index contributed by atoms with van der Waals surface area (Å²) < 4.78 is 13.7. The molecule has 3 aromatic rings. The van der Waals surface area contributed by atoms with Crippen LogP contribution in [0, 0.1) is 9.39 Å². The summed E-state index contributed by atoms with van der Waals surface area (Å²) in [5.74, 6) is -0.432. The molecular weight excluding hydrogens is 382 g/mol. The quantitative estimate of drug-likeness (QED) is 0.646. The Morgan fingerprint density at radius 2 is 2.05 bits per heavy atom. The van der Waals surface area contributed by atoms with Crippen molar-refractivity contribution in [1.29, 1.82) is 0 Å². The fourth-order valence-electron chi connectivity index (χ4n) is 2.24. The predicted octanol–water partition coefficient (Wildman–Crippen LogP) is 4.09. The molecule has 0 atom stereocenters. The molecule has 3 rings (SSSR count). The third kappa shape index (κ3) is 3.07. The van der Waals surface area contributed by atoms with Gasteiger partial charge in [0.1, 0.15) is 5.82 Å². The van der Waals surface area contributed by atoms with Gasteiger partial charge in [-0.05, 0) is 52.4 Å². The zero-order valence-electron chi connectivity index (χ0n) is 11.0. The van der Waals surface area contributed by atoms with Crippen molar-refractivity contribution in [1.82, 2.24) is 4.98 Å². The van der Waals surface area contributed by atoms with Gasteiger partial charge in [0.25, 0.3) is 0 Å². The van der Waals surface area contributed by atoms with E-state index in [1.54, 1.807) is 6.07 Å². The van der Waals surface area contributed by atoms with Gasteiger partial charge in [0.05, 0.1) is 12.1 Å². The Kier molecular flexibility index (Phi) is 3.92. The molecule has 5 heteroatoms. The smallest absolute Gasteiger partial charge is 0.228 e. The van der Waals surface area contributed by atoms with Gasteiger partial charge in [-0.2, -0.15) is 0 Å². The molecule has 0 aliphatic rings. The molecule has 0 aliphatic heterocycles. The maximum absolute atomic E-state index is 13.0. The lowest BCUT2D eigenvalue weighted by molar-refractivity contribution is -0.115. The number of amides is 1. The van der Waals surface area contributed by atoms with Crippen LogP contribution in [0.15, 0.2) is 48.7 Å². The Hall–Kier alpha value is -1.89. The number of fused-ring (bicyclic) bond motifs is 1. The van der Waals surface area contributed by atoms with Crippen LogP contribution < -0.4 is 5.32 Å². The van der Waals surface area contributed by atoms with Crippen molar-refractivity contribution < 1.29 is 9.18 Å². The Balaban J connectivity index is 1.77. The van der Waals surface area contributed by atoms with Crippen molar-refractivity contribution in [2.24, 2.45) is 0 Å². The summed E-state index contributed by atoms with van der Waals surface area (Å²) in [6.45, 7) is 0. The molecule has 106 valence electrons. The Bertz CT molecular complexity index is 813. The highest BCUT2D eigenvalue weighted by Gasteiger charge is 2.10. The van der Waals surface area contributed by atoms with Gasteiger partial charge in [-0.25, -0.2) is 4.39 Å². The summed E-state index contributed by atoms with van der Waals surface area (Å²) in [5.41, 5.74) is 2.58. The van der Waals surface area contributed by atoms with E-state index in [0.717, 1.165) is 16.5 Å². The van der Waals surface area contributed by atoms with Gasteiger partial charge < -0.3 is 10.3 Å². The largest absolute Gasteiger partial charge is 0.361 e. The third-order valence-corrected chi connectivity index (χ3v) is 4.12. The molecule has 0 saturated heterocycles. The summed E-state index contributed by atoms with van der Waals surface area (Å²) in [5, 5.41) is 3.86. The van der Waals surface area contributed by atoms with Crippen LogP contribution >= 0.6 is 22.6 Å². The van der Waals surface area contributed by atoms with Crippen LogP contribution in [0.4, 0.5) is 10.1 Å². The van der Waals surface area contributed by atoms with Crippen LogP contribution in [0.3, 0.4) is 0 Å². The van der Waals surface area contributed by atoms with E-state index in [-0.39, 0.29) is 18.1 Å². The minimum absolute atomic E-state index is 0.121. The number of aromatic amines is 1. The Morgan fingerprint density at radius 3 is 2.86 bits per heavy atom. The van der Waals surface area contributed by atoms with E-state index < -0.39 is 0 Å². The number of benzene rings is 2. The fraction of sp³-hybridized carbons (Fsp3) is 0.0625.